The van der Waals surface area contributed by atoms with E-state index in [9.17, 15) is 9.59 Å². The number of carbonyl (C=O) groups is 2. The van der Waals surface area contributed by atoms with Gasteiger partial charge in [0.05, 0.1) is 4.43 Å². The topological polar surface area (TPSA) is 95.4 Å². The molecule has 6 heteroatoms. The Labute approximate surface area is 96.7 Å². The fourth-order valence-electron chi connectivity index (χ4n) is 0.842. The van der Waals surface area contributed by atoms with Gasteiger partial charge in [-0.25, -0.2) is 4.79 Å². The van der Waals surface area contributed by atoms with E-state index in [1.165, 1.54) is 0 Å². The minimum Gasteiger partial charge on any atom is -0.391 e. The van der Waals surface area contributed by atoms with Crippen LogP contribution in [-0.2, 0) is 14.3 Å². The molecule has 0 aliphatic heterocycles. The van der Waals surface area contributed by atoms with E-state index in [-0.39, 0.29) is 4.43 Å². The fourth-order valence-corrected chi connectivity index (χ4v) is 0.997. The Balaban J connectivity index is 3.70. The molecular formula is C8H15IN2O3. The highest BCUT2D eigenvalue weighted by molar-refractivity contribution is 14.1. The molecule has 0 bridgehead atoms. The number of unbranched alkanes of at least 4 members (excludes halogenated alkanes) is 1. The normalized spacial score (nSPS) is 12.2. The summed E-state index contributed by atoms with van der Waals surface area (Å²) in [5, 5.41) is 0. The predicted molar refractivity (Wildman–Crippen MR) is 60.9 cm³/mol. The molecule has 0 saturated carbocycles. The molecule has 0 fully saturated rings. The van der Waals surface area contributed by atoms with Gasteiger partial charge in [0.2, 0.25) is 0 Å². The van der Waals surface area contributed by atoms with Crippen molar-refractivity contribution in [2.45, 2.75) is 25.3 Å². The minimum atomic E-state index is -0.714. The van der Waals surface area contributed by atoms with Gasteiger partial charge in [-0.05, 0) is 19.4 Å². The van der Waals surface area contributed by atoms with Gasteiger partial charge in [-0.15, -0.1) is 0 Å². The van der Waals surface area contributed by atoms with Gasteiger partial charge in [0.25, 0.3) is 0 Å². The molecule has 14 heavy (non-hydrogen) atoms. The molecule has 0 spiro atoms. The molecule has 0 rings (SSSR count). The lowest BCUT2D eigenvalue weighted by molar-refractivity contribution is -0.158. The van der Waals surface area contributed by atoms with Crippen LogP contribution in [0.25, 0.3) is 0 Å². The van der Waals surface area contributed by atoms with Crippen LogP contribution in [0.2, 0.25) is 0 Å². The molecule has 82 valence electrons. The van der Waals surface area contributed by atoms with Crippen LogP contribution in [0.1, 0.15) is 19.3 Å². The van der Waals surface area contributed by atoms with Crippen LogP contribution in [-0.4, -0.2) is 29.0 Å². The molecule has 0 aromatic carbocycles. The summed E-state index contributed by atoms with van der Waals surface area (Å²) in [6, 6.07) is -0.714. The Hall–Kier alpha value is -0.210. The number of rotatable bonds is 6. The van der Waals surface area contributed by atoms with E-state index in [1.54, 1.807) is 0 Å². The third-order valence-electron chi connectivity index (χ3n) is 1.60. The molecule has 0 radical (unpaired) electrons. The SMILES string of the molecule is NCCCC[C@H](N)C(=O)OC(=O)CI. The number of nitrogens with two attached hydrogens (primary N) is 2. The molecule has 4 N–H and O–H groups in total. The highest BCUT2D eigenvalue weighted by Gasteiger charge is 2.17. The van der Waals surface area contributed by atoms with E-state index in [4.69, 9.17) is 11.5 Å². The van der Waals surface area contributed by atoms with Crippen LogP contribution in [0.15, 0.2) is 0 Å². The van der Waals surface area contributed by atoms with Crippen LogP contribution >= 0.6 is 22.6 Å². The molecule has 0 aliphatic rings. The Morgan fingerprint density at radius 2 is 2.00 bits per heavy atom. The summed E-state index contributed by atoms with van der Waals surface area (Å²) in [5.74, 6) is -1.20. The first-order valence-corrected chi connectivity index (χ1v) is 5.90. The zero-order valence-corrected chi connectivity index (χ0v) is 10.0. The Bertz CT molecular complexity index is 199. The number of esters is 2. The van der Waals surface area contributed by atoms with Gasteiger partial charge in [0.15, 0.2) is 0 Å². The van der Waals surface area contributed by atoms with Crippen LogP contribution in [0.5, 0.6) is 0 Å². The minimum absolute atomic E-state index is 0.152. The summed E-state index contributed by atoms with van der Waals surface area (Å²) in [5.41, 5.74) is 10.8. The summed E-state index contributed by atoms with van der Waals surface area (Å²) >= 11 is 1.82. The van der Waals surface area contributed by atoms with Gasteiger partial charge < -0.3 is 16.2 Å². The van der Waals surface area contributed by atoms with Crippen molar-refractivity contribution in [3.05, 3.63) is 0 Å². The zero-order valence-electron chi connectivity index (χ0n) is 7.87. The Morgan fingerprint density at radius 3 is 2.50 bits per heavy atom. The van der Waals surface area contributed by atoms with E-state index < -0.39 is 18.0 Å². The summed E-state index contributed by atoms with van der Waals surface area (Å²) in [7, 11) is 0. The van der Waals surface area contributed by atoms with Gasteiger partial charge in [-0.1, -0.05) is 29.0 Å². The van der Waals surface area contributed by atoms with Crippen molar-refractivity contribution in [1.82, 2.24) is 0 Å². The van der Waals surface area contributed by atoms with Crippen molar-refractivity contribution in [3.8, 4) is 0 Å². The molecule has 0 aliphatic carbocycles. The van der Waals surface area contributed by atoms with Crippen molar-refractivity contribution < 1.29 is 14.3 Å². The standard InChI is InChI=1S/C8H15IN2O3/c9-5-7(12)14-8(13)6(11)3-1-2-4-10/h6H,1-5,10-11H2/t6-/m0/s1. The molecule has 0 aromatic rings. The predicted octanol–water partition coefficient (Wildman–Crippen LogP) is -0.0525. The van der Waals surface area contributed by atoms with Crippen LogP contribution in [0.3, 0.4) is 0 Å². The third-order valence-corrected chi connectivity index (χ3v) is 2.22. The molecule has 0 aromatic heterocycles. The van der Waals surface area contributed by atoms with Gasteiger partial charge in [0.1, 0.15) is 6.04 Å². The fraction of sp³-hybridized carbons (Fsp3) is 0.750. The first-order valence-electron chi connectivity index (χ1n) is 4.38. The van der Waals surface area contributed by atoms with Crippen molar-refractivity contribution in [1.29, 1.82) is 0 Å². The van der Waals surface area contributed by atoms with Crippen molar-refractivity contribution in [2.24, 2.45) is 11.5 Å². The van der Waals surface area contributed by atoms with E-state index in [0.29, 0.717) is 13.0 Å². The zero-order chi connectivity index (χ0) is 11.0. The number of ether oxygens (including phenoxy) is 1. The Morgan fingerprint density at radius 1 is 1.36 bits per heavy atom. The molecule has 5 nitrogen and oxygen atoms in total. The maximum Gasteiger partial charge on any atom is 0.330 e. The van der Waals surface area contributed by atoms with Crippen molar-refractivity contribution >= 4 is 34.5 Å². The second kappa shape index (κ2) is 8.13. The monoisotopic (exact) mass is 314 g/mol. The van der Waals surface area contributed by atoms with E-state index in [2.05, 4.69) is 4.74 Å². The highest BCUT2D eigenvalue weighted by atomic mass is 127. The van der Waals surface area contributed by atoms with Gasteiger partial charge in [0, 0.05) is 0 Å². The van der Waals surface area contributed by atoms with Crippen molar-refractivity contribution in [3.63, 3.8) is 0 Å². The Kier molecular flexibility index (Phi) is 8.01. The summed E-state index contributed by atoms with van der Waals surface area (Å²) < 4.78 is 4.60. The summed E-state index contributed by atoms with van der Waals surface area (Å²) in [6.07, 6.45) is 2.09. The van der Waals surface area contributed by atoms with Crippen LogP contribution in [0, 0.1) is 0 Å². The van der Waals surface area contributed by atoms with Crippen molar-refractivity contribution in [2.75, 3.05) is 11.0 Å². The number of hydrogen-bond acceptors (Lipinski definition) is 5. The van der Waals surface area contributed by atoms with Crippen LogP contribution in [0.4, 0.5) is 0 Å². The van der Waals surface area contributed by atoms with Crippen LogP contribution < -0.4 is 11.5 Å². The third kappa shape index (κ3) is 6.28. The summed E-state index contributed by atoms with van der Waals surface area (Å²) in [4.78, 5) is 21.8. The maximum atomic E-state index is 11.1. The van der Waals surface area contributed by atoms with E-state index in [1.807, 2.05) is 22.6 Å². The first-order chi connectivity index (χ1) is 6.61. The van der Waals surface area contributed by atoms with E-state index >= 15 is 0 Å². The lowest BCUT2D eigenvalue weighted by atomic mass is 10.1. The second-order valence-corrected chi connectivity index (χ2v) is 3.58. The van der Waals surface area contributed by atoms with Gasteiger partial charge in [-0.2, -0.15) is 0 Å². The molecular weight excluding hydrogens is 299 g/mol. The quantitative estimate of drug-likeness (QED) is 0.236. The number of carbonyl (C=O) groups excluding carboxylic acids is 2. The van der Waals surface area contributed by atoms with Gasteiger partial charge in [-0.3, -0.25) is 4.79 Å². The molecule has 0 amide bonds. The number of halogens is 1. The summed E-state index contributed by atoms with van der Waals surface area (Å²) in [6.45, 7) is 0.578. The second-order valence-electron chi connectivity index (χ2n) is 2.82. The largest absolute Gasteiger partial charge is 0.391 e. The number of hydrogen-bond donors (Lipinski definition) is 2. The highest BCUT2D eigenvalue weighted by Crippen LogP contribution is 2.00. The molecule has 0 saturated heterocycles. The number of alkyl halides is 1. The lowest BCUT2D eigenvalue weighted by Crippen LogP contribution is -2.34. The lowest BCUT2D eigenvalue weighted by Gasteiger charge is -2.08. The van der Waals surface area contributed by atoms with Gasteiger partial charge >= 0.3 is 11.9 Å². The average Bonchev–Trinajstić information content (AvgIpc) is 2.17. The first kappa shape index (κ1) is 13.8. The van der Waals surface area contributed by atoms with E-state index in [0.717, 1.165) is 12.8 Å². The maximum absolute atomic E-state index is 11.1. The average molecular weight is 314 g/mol. The molecule has 1 atom stereocenters. The molecule has 0 heterocycles. The smallest absolute Gasteiger partial charge is 0.330 e. The molecule has 0 unspecified atom stereocenters.